The fourth-order valence-corrected chi connectivity index (χ4v) is 2.57. The lowest BCUT2D eigenvalue weighted by Gasteiger charge is -2.10. The van der Waals surface area contributed by atoms with Crippen molar-refractivity contribution in [2.24, 2.45) is 5.73 Å². The van der Waals surface area contributed by atoms with Crippen LogP contribution in [0.5, 0.6) is 0 Å². The van der Waals surface area contributed by atoms with Gasteiger partial charge in [0.25, 0.3) is 0 Å². The summed E-state index contributed by atoms with van der Waals surface area (Å²) < 4.78 is 4.87. The molecule has 7 heteroatoms. The minimum atomic E-state index is -0.344. The topological polar surface area (TPSA) is 89.4 Å². The number of nitrogens with zero attached hydrogens (tertiary/aromatic N) is 2. The molecule has 1 atom stereocenters. The van der Waals surface area contributed by atoms with Crippen LogP contribution in [0.25, 0.3) is 0 Å². The highest BCUT2D eigenvalue weighted by molar-refractivity contribution is 8.00. The maximum atomic E-state index is 12.0. The van der Waals surface area contributed by atoms with Gasteiger partial charge in [-0.25, -0.2) is 4.90 Å². The SMILES string of the molecule is Cc1cc(N2C(=O)C[C@H](SCCN)C2=O)no1. The molecule has 17 heavy (non-hydrogen) atoms. The number of aromatic nitrogens is 1. The summed E-state index contributed by atoms with van der Waals surface area (Å²) in [5, 5.41) is 3.34. The van der Waals surface area contributed by atoms with Gasteiger partial charge in [0.1, 0.15) is 5.76 Å². The molecule has 0 aromatic carbocycles. The molecule has 1 aliphatic rings. The van der Waals surface area contributed by atoms with Gasteiger partial charge in [-0.05, 0) is 6.92 Å². The van der Waals surface area contributed by atoms with Crippen LogP contribution < -0.4 is 10.6 Å². The van der Waals surface area contributed by atoms with Gasteiger partial charge >= 0.3 is 0 Å². The third kappa shape index (κ3) is 2.34. The Balaban J connectivity index is 2.14. The van der Waals surface area contributed by atoms with Crippen molar-refractivity contribution < 1.29 is 14.1 Å². The lowest BCUT2D eigenvalue weighted by Crippen LogP contribution is -2.31. The number of nitrogens with two attached hydrogens (primary N) is 1. The molecule has 1 aromatic rings. The van der Waals surface area contributed by atoms with Crippen molar-refractivity contribution >= 4 is 29.4 Å². The van der Waals surface area contributed by atoms with Crippen LogP contribution in [-0.4, -0.2) is 34.5 Å². The number of imide groups is 1. The largest absolute Gasteiger partial charge is 0.360 e. The van der Waals surface area contributed by atoms with Crippen molar-refractivity contribution in [2.75, 3.05) is 17.2 Å². The van der Waals surface area contributed by atoms with Gasteiger partial charge in [-0.15, -0.1) is 11.8 Å². The van der Waals surface area contributed by atoms with Gasteiger partial charge in [0, 0.05) is 24.8 Å². The summed E-state index contributed by atoms with van der Waals surface area (Å²) in [6.45, 7) is 2.20. The third-order valence-electron chi connectivity index (χ3n) is 2.39. The van der Waals surface area contributed by atoms with E-state index < -0.39 is 0 Å². The van der Waals surface area contributed by atoms with Crippen LogP contribution >= 0.6 is 11.8 Å². The molecule has 2 rings (SSSR count). The second-order valence-corrected chi connectivity index (χ2v) is 5.03. The molecule has 0 radical (unpaired) electrons. The number of aryl methyl sites for hydroxylation is 1. The molecular weight excluding hydrogens is 242 g/mol. The molecule has 1 fully saturated rings. The van der Waals surface area contributed by atoms with Crippen LogP contribution in [-0.2, 0) is 9.59 Å². The van der Waals surface area contributed by atoms with Gasteiger partial charge < -0.3 is 10.3 Å². The van der Waals surface area contributed by atoms with Crippen LogP contribution in [0, 0.1) is 6.92 Å². The van der Waals surface area contributed by atoms with Crippen molar-refractivity contribution in [3.63, 3.8) is 0 Å². The molecule has 0 unspecified atom stereocenters. The van der Waals surface area contributed by atoms with E-state index in [1.807, 2.05) is 0 Å². The molecule has 6 nitrogen and oxygen atoms in total. The average Bonchev–Trinajstić information content (AvgIpc) is 2.81. The molecule has 92 valence electrons. The summed E-state index contributed by atoms with van der Waals surface area (Å²) in [6.07, 6.45) is 0.204. The fraction of sp³-hybridized carbons (Fsp3) is 0.500. The Hall–Kier alpha value is -1.34. The van der Waals surface area contributed by atoms with Gasteiger partial charge in [-0.2, -0.15) is 0 Å². The molecule has 1 saturated heterocycles. The first-order valence-corrected chi connectivity index (χ1v) is 6.30. The van der Waals surface area contributed by atoms with Crippen LogP contribution in [0.4, 0.5) is 5.82 Å². The summed E-state index contributed by atoms with van der Waals surface area (Å²) in [4.78, 5) is 24.8. The summed E-state index contributed by atoms with van der Waals surface area (Å²) in [7, 11) is 0. The first-order chi connectivity index (χ1) is 8.13. The van der Waals surface area contributed by atoms with Crippen molar-refractivity contribution in [3.8, 4) is 0 Å². The number of amides is 2. The Kier molecular flexibility index (Phi) is 3.49. The number of carbonyl (C=O) groups excluding carboxylic acids is 2. The van der Waals surface area contributed by atoms with E-state index in [0.29, 0.717) is 18.1 Å². The molecule has 1 aliphatic heterocycles. The molecule has 0 aliphatic carbocycles. The monoisotopic (exact) mass is 255 g/mol. The number of anilines is 1. The zero-order valence-corrected chi connectivity index (χ0v) is 10.2. The predicted octanol–water partition coefficient (Wildman–Crippen LogP) is 0.307. The molecule has 2 heterocycles. The fourth-order valence-electron chi connectivity index (χ4n) is 1.64. The van der Waals surface area contributed by atoms with Gasteiger partial charge in [-0.3, -0.25) is 9.59 Å². The minimum Gasteiger partial charge on any atom is -0.360 e. The van der Waals surface area contributed by atoms with E-state index in [1.165, 1.54) is 11.8 Å². The van der Waals surface area contributed by atoms with Crippen molar-refractivity contribution in [3.05, 3.63) is 11.8 Å². The number of carbonyl (C=O) groups is 2. The maximum absolute atomic E-state index is 12.0. The number of hydrogen-bond acceptors (Lipinski definition) is 6. The Morgan fingerprint density at radius 3 is 3.00 bits per heavy atom. The summed E-state index contributed by atoms with van der Waals surface area (Å²) in [5.41, 5.74) is 5.38. The molecule has 0 saturated carbocycles. The normalized spacial score (nSPS) is 20.4. The highest BCUT2D eigenvalue weighted by Crippen LogP contribution is 2.28. The quantitative estimate of drug-likeness (QED) is 0.779. The second-order valence-electron chi connectivity index (χ2n) is 3.72. The Labute approximate surface area is 102 Å². The number of thioether (sulfide) groups is 1. The van der Waals surface area contributed by atoms with E-state index in [4.69, 9.17) is 10.3 Å². The van der Waals surface area contributed by atoms with Crippen LogP contribution in [0.15, 0.2) is 10.6 Å². The molecule has 2 N–H and O–H groups in total. The summed E-state index contributed by atoms with van der Waals surface area (Å²) >= 11 is 1.41. The van der Waals surface area contributed by atoms with E-state index in [-0.39, 0.29) is 29.3 Å². The zero-order chi connectivity index (χ0) is 12.4. The van der Waals surface area contributed by atoms with Gasteiger partial charge in [0.15, 0.2) is 5.82 Å². The zero-order valence-electron chi connectivity index (χ0n) is 9.38. The highest BCUT2D eigenvalue weighted by atomic mass is 32.2. The van der Waals surface area contributed by atoms with E-state index in [2.05, 4.69) is 5.16 Å². The second kappa shape index (κ2) is 4.89. The van der Waals surface area contributed by atoms with Crippen LogP contribution in [0.2, 0.25) is 0 Å². The molecule has 2 amide bonds. The van der Waals surface area contributed by atoms with Gasteiger partial charge in [-0.1, -0.05) is 5.16 Å². The Morgan fingerprint density at radius 2 is 2.41 bits per heavy atom. The standard InChI is InChI=1S/C10H13N3O3S/c1-6-4-8(12-16-6)13-9(14)5-7(10(13)15)17-3-2-11/h4,7H,2-3,5,11H2,1H3/t7-/m0/s1. The summed E-state index contributed by atoms with van der Waals surface area (Å²) in [5.74, 6) is 1.03. The number of hydrogen-bond donors (Lipinski definition) is 1. The lowest BCUT2D eigenvalue weighted by atomic mass is 10.4. The van der Waals surface area contributed by atoms with Gasteiger partial charge in [0.05, 0.1) is 5.25 Å². The molecule has 1 aromatic heterocycles. The third-order valence-corrected chi connectivity index (χ3v) is 3.63. The van der Waals surface area contributed by atoms with E-state index in [1.54, 1.807) is 13.0 Å². The number of rotatable bonds is 4. The Bertz CT molecular complexity index is 446. The smallest absolute Gasteiger partial charge is 0.248 e. The highest BCUT2D eigenvalue weighted by Gasteiger charge is 2.40. The maximum Gasteiger partial charge on any atom is 0.248 e. The Morgan fingerprint density at radius 1 is 1.65 bits per heavy atom. The van der Waals surface area contributed by atoms with E-state index in [0.717, 1.165) is 4.90 Å². The predicted molar refractivity (Wildman–Crippen MR) is 63.7 cm³/mol. The van der Waals surface area contributed by atoms with Crippen molar-refractivity contribution in [1.82, 2.24) is 5.16 Å². The molecule has 0 bridgehead atoms. The van der Waals surface area contributed by atoms with E-state index >= 15 is 0 Å². The van der Waals surface area contributed by atoms with Crippen LogP contribution in [0.1, 0.15) is 12.2 Å². The lowest BCUT2D eigenvalue weighted by molar-refractivity contribution is -0.121. The van der Waals surface area contributed by atoms with Crippen LogP contribution in [0.3, 0.4) is 0 Å². The summed E-state index contributed by atoms with van der Waals surface area (Å²) in [6, 6.07) is 1.58. The molecular formula is C10H13N3O3S. The molecule has 0 spiro atoms. The average molecular weight is 255 g/mol. The van der Waals surface area contributed by atoms with Gasteiger partial charge in [0.2, 0.25) is 11.8 Å². The minimum absolute atomic E-state index is 0.204. The van der Waals surface area contributed by atoms with Crippen molar-refractivity contribution in [1.29, 1.82) is 0 Å². The first-order valence-electron chi connectivity index (χ1n) is 5.25. The van der Waals surface area contributed by atoms with E-state index in [9.17, 15) is 9.59 Å². The first kappa shape index (κ1) is 12.1. The van der Waals surface area contributed by atoms with Crippen molar-refractivity contribution in [2.45, 2.75) is 18.6 Å².